The van der Waals surface area contributed by atoms with Gasteiger partial charge in [-0.15, -0.1) is 0 Å². The summed E-state index contributed by atoms with van der Waals surface area (Å²) in [6.45, 7) is 3.56. The van der Waals surface area contributed by atoms with Gasteiger partial charge in [0.05, 0.1) is 33.0 Å². The van der Waals surface area contributed by atoms with E-state index in [9.17, 15) is 13.2 Å². The van der Waals surface area contributed by atoms with Crippen LogP contribution in [-0.4, -0.2) is 14.4 Å². The van der Waals surface area contributed by atoms with E-state index in [1.54, 1.807) is 18.2 Å². The van der Waals surface area contributed by atoms with Gasteiger partial charge >= 0.3 is 6.18 Å². The molecule has 0 unspecified atom stereocenters. The molecule has 0 bridgehead atoms. The van der Waals surface area contributed by atoms with Crippen LogP contribution in [0, 0.1) is 13.8 Å². The maximum absolute atomic E-state index is 12.9. The van der Waals surface area contributed by atoms with E-state index >= 15 is 0 Å². The predicted octanol–water partition coefficient (Wildman–Crippen LogP) is 4.17. The lowest BCUT2D eigenvalue weighted by atomic mass is 10.1. The van der Waals surface area contributed by atoms with Gasteiger partial charge in [0.25, 0.3) is 0 Å². The first-order valence-electron chi connectivity index (χ1n) is 5.80. The van der Waals surface area contributed by atoms with Crippen LogP contribution in [0.15, 0.2) is 18.5 Å². The number of aromatic nitrogens is 3. The van der Waals surface area contributed by atoms with Gasteiger partial charge in [0.2, 0.25) is 0 Å². The molecule has 0 amide bonds. The van der Waals surface area contributed by atoms with Crippen molar-refractivity contribution in [3.05, 3.63) is 40.4 Å². The van der Waals surface area contributed by atoms with Gasteiger partial charge in [0, 0.05) is 0 Å². The number of imidazole rings is 1. The monoisotopic (exact) mass is 299 g/mol. The highest BCUT2D eigenvalue weighted by Gasteiger charge is 2.32. The summed E-state index contributed by atoms with van der Waals surface area (Å²) < 4.78 is 40.2. The third kappa shape index (κ3) is 1.83. The second kappa shape index (κ2) is 4.09. The number of benzene rings is 1. The van der Waals surface area contributed by atoms with Crippen molar-refractivity contribution >= 4 is 28.2 Å². The molecule has 0 atom stereocenters. The lowest BCUT2D eigenvalue weighted by Gasteiger charge is -2.11. The zero-order valence-electron chi connectivity index (χ0n) is 10.6. The Morgan fingerprint density at radius 3 is 2.50 bits per heavy atom. The van der Waals surface area contributed by atoms with Crippen molar-refractivity contribution < 1.29 is 13.2 Å². The van der Waals surface area contributed by atoms with Crippen LogP contribution < -0.4 is 0 Å². The number of hydrogen-bond acceptors (Lipinski definition) is 2. The van der Waals surface area contributed by atoms with Crippen LogP contribution in [0.2, 0.25) is 5.02 Å². The molecule has 0 fully saturated rings. The molecular weight excluding hydrogens is 291 g/mol. The molecule has 3 rings (SSSR count). The number of hydrogen-bond donors (Lipinski definition) is 0. The third-order valence-corrected chi connectivity index (χ3v) is 3.49. The van der Waals surface area contributed by atoms with Crippen LogP contribution in [0.4, 0.5) is 13.2 Å². The summed E-state index contributed by atoms with van der Waals surface area (Å²) in [6.07, 6.45) is -2.97. The van der Waals surface area contributed by atoms with Gasteiger partial charge in [-0.05, 0) is 26.0 Å². The van der Waals surface area contributed by atoms with E-state index in [1.165, 1.54) is 6.33 Å². The van der Waals surface area contributed by atoms with E-state index < -0.39 is 11.7 Å². The first-order chi connectivity index (χ1) is 9.29. The standard InChI is InChI=1S/C13H9ClF3N3/c1-6-12-7(2)19-11-9(14)3-8(13(15,16)17)4-10(11)20(12)5-18-6/h3-5H,1-2H3. The van der Waals surface area contributed by atoms with Crippen molar-refractivity contribution in [1.82, 2.24) is 14.4 Å². The van der Waals surface area contributed by atoms with E-state index in [0.29, 0.717) is 27.9 Å². The molecule has 2 aromatic heterocycles. The SMILES string of the molecule is Cc1ncn2c1c(C)nc1c(Cl)cc(C(F)(F)F)cc12. The van der Waals surface area contributed by atoms with Gasteiger partial charge in [-0.3, -0.25) is 4.40 Å². The molecule has 0 saturated heterocycles. The van der Waals surface area contributed by atoms with Gasteiger partial charge < -0.3 is 0 Å². The molecule has 0 spiro atoms. The highest BCUT2D eigenvalue weighted by molar-refractivity contribution is 6.35. The third-order valence-electron chi connectivity index (χ3n) is 3.20. The minimum atomic E-state index is -4.45. The van der Waals surface area contributed by atoms with Crippen molar-refractivity contribution in [2.75, 3.05) is 0 Å². The molecule has 104 valence electrons. The number of alkyl halides is 3. The molecule has 2 heterocycles. The van der Waals surface area contributed by atoms with Gasteiger partial charge in [-0.25, -0.2) is 9.97 Å². The number of rotatable bonds is 0. The lowest BCUT2D eigenvalue weighted by molar-refractivity contribution is -0.137. The maximum Gasteiger partial charge on any atom is 0.416 e. The summed E-state index contributed by atoms with van der Waals surface area (Å²) >= 11 is 5.95. The molecular formula is C13H9ClF3N3. The van der Waals surface area contributed by atoms with Gasteiger partial charge in [0.1, 0.15) is 11.8 Å². The Hall–Kier alpha value is -1.82. The lowest BCUT2D eigenvalue weighted by Crippen LogP contribution is -2.06. The van der Waals surface area contributed by atoms with Crippen molar-refractivity contribution in [3.8, 4) is 0 Å². The fraction of sp³-hybridized carbons (Fsp3) is 0.231. The van der Waals surface area contributed by atoms with Gasteiger partial charge in [-0.2, -0.15) is 13.2 Å². The normalized spacial score (nSPS) is 12.5. The Morgan fingerprint density at radius 1 is 1.15 bits per heavy atom. The smallest absolute Gasteiger partial charge is 0.295 e. The molecule has 0 aliphatic rings. The largest absolute Gasteiger partial charge is 0.416 e. The number of halogens is 4. The fourth-order valence-electron chi connectivity index (χ4n) is 2.32. The van der Waals surface area contributed by atoms with Crippen molar-refractivity contribution in [2.45, 2.75) is 20.0 Å². The second-order valence-electron chi connectivity index (χ2n) is 4.57. The van der Waals surface area contributed by atoms with E-state index in [2.05, 4.69) is 9.97 Å². The van der Waals surface area contributed by atoms with Crippen LogP contribution in [0.3, 0.4) is 0 Å². The highest BCUT2D eigenvalue weighted by atomic mass is 35.5. The zero-order chi connectivity index (χ0) is 14.7. The quantitative estimate of drug-likeness (QED) is 0.623. The van der Waals surface area contributed by atoms with Crippen molar-refractivity contribution in [1.29, 1.82) is 0 Å². The molecule has 0 N–H and O–H groups in total. The van der Waals surface area contributed by atoms with Crippen LogP contribution >= 0.6 is 11.6 Å². The predicted molar refractivity (Wildman–Crippen MR) is 70.0 cm³/mol. The van der Waals surface area contributed by atoms with Crippen LogP contribution in [0.25, 0.3) is 16.6 Å². The summed E-state index contributed by atoms with van der Waals surface area (Å²) in [6, 6.07) is 1.94. The minimum absolute atomic E-state index is 0.0221. The summed E-state index contributed by atoms with van der Waals surface area (Å²) in [4.78, 5) is 8.43. The Balaban J connectivity index is 2.51. The average molecular weight is 300 g/mol. The molecule has 3 aromatic rings. The summed E-state index contributed by atoms with van der Waals surface area (Å²) in [7, 11) is 0. The van der Waals surface area contributed by atoms with Crippen LogP contribution in [-0.2, 0) is 6.18 Å². The maximum atomic E-state index is 12.9. The topological polar surface area (TPSA) is 30.2 Å². The first-order valence-corrected chi connectivity index (χ1v) is 6.17. The van der Waals surface area contributed by atoms with Gasteiger partial charge in [0.15, 0.2) is 0 Å². The molecule has 0 saturated carbocycles. The average Bonchev–Trinajstić information content (AvgIpc) is 2.72. The summed E-state index contributed by atoms with van der Waals surface area (Å²) in [5.74, 6) is 0. The molecule has 3 nitrogen and oxygen atoms in total. The minimum Gasteiger partial charge on any atom is -0.295 e. The van der Waals surface area contributed by atoms with Crippen molar-refractivity contribution in [3.63, 3.8) is 0 Å². The van der Waals surface area contributed by atoms with E-state index in [1.807, 2.05) is 0 Å². The fourth-order valence-corrected chi connectivity index (χ4v) is 2.58. The van der Waals surface area contributed by atoms with Crippen molar-refractivity contribution in [2.24, 2.45) is 0 Å². The Morgan fingerprint density at radius 2 is 1.85 bits per heavy atom. The summed E-state index contributed by atoms with van der Waals surface area (Å²) in [5, 5.41) is -0.0221. The molecule has 0 radical (unpaired) electrons. The molecule has 0 aliphatic carbocycles. The van der Waals surface area contributed by atoms with E-state index in [0.717, 1.165) is 12.1 Å². The molecule has 0 aliphatic heterocycles. The zero-order valence-corrected chi connectivity index (χ0v) is 11.3. The molecule has 20 heavy (non-hydrogen) atoms. The Kier molecular flexibility index (Phi) is 2.69. The number of aryl methyl sites for hydroxylation is 2. The van der Waals surface area contributed by atoms with Crippen LogP contribution in [0.5, 0.6) is 0 Å². The number of nitrogens with zero attached hydrogens (tertiary/aromatic N) is 3. The summed E-state index contributed by atoms with van der Waals surface area (Å²) in [5.41, 5.74) is 1.92. The first kappa shape index (κ1) is 13.2. The number of fused-ring (bicyclic) bond motifs is 3. The molecule has 1 aromatic carbocycles. The Labute approximate surface area is 117 Å². The van der Waals surface area contributed by atoms with E-state index in [-0.39, 0.29) is 5.02 Å². The molecule has 7 heteroatoms. The highest BCUT2D eigenvalue weighted by Crippen LogP contribution is 2.35. The Bertz CT molecular complexity index is 836. The van der Waals surface area contributed by atoms with Crippen LogP contribution in [0.1, 0.15) is 17.0 Å². The van der Waals surface area contributed by atoms with Gasteiger partial charge in [-0.1, -0.05) is 11.6 Å². The van der Waals surface area contributed by atoms with E-state index in [4.69, 9.17) is 11.6 Å². The second-order valence-corrected chi connectivity index (χ2v) is 4.98.